The van der Waals surface area contributed by atoms with E-state index in [-0.39, 0.29) is 0 Å². The Morgan fingerprint density at radius 3 is 2.63 bits per heavy atom. The molecule has 0 spiro atoms. The molecule has 2 heterocycles. The number of halogens is 2. The number of hydrogen-bond donors (Lipinski definition) is 2. The van der Waals surface area contributed by atoms with Gasteiger partial charge in [0.05, 0.1) is 23.3 Å². The van der Waals surface area contributed by atoms with Gasteiger partial charge in [0, 0.05) is 33.2 Å². The van der Waals surface area contributed by atoms with Crippen LogP contribution in [0, 0.1) is 0 Å². The average molecular weight is 305 g/mol. The Morgan fingerprint density at radius 2 is 1.95 bits per heavy atom. The Morgan fingerprint density at radius 1 is 1.26 bits per heavy atom. The van der Waals surface area contributed by atoms with Crippen molar-refractivity contribution in [2.45, 2.75) is 0 Å². The lowest BCUT2D eigenvalue weighted by atomic mass is 10.4. The van der Waals surface area contributed by atoms with E-state index in [0.717, 1.165) is 39.4 Å². The van der Waals surface area contributed by atoms with Gasteiger partial charge >= 0.3 is 0 Å². The number of nitrogens with zero attached hydrogens (tertiary/aromatic N) is 2. The number of anilines is 2. The normalized spacial score (nSPS) is 16.4. The molecular weight excluding hydrogens is 287 g/mol. The Hall–Kier alpha value is -0.750. The second-order valence-corrected chi connectivity index (χ2v) is 5.09. The van der Waals surface area contributed by atoms with Crippen LogP contribution >= 0.6 is 23.2 Å². The summed E-state index contributed by atoms with van der Waals surface area (Å²) < 4.78 is 5.31. The molecule has 1 aromatic heterocycles. The van der Waals surface area contributed by atoms with E-state index in [1.807, 2.05) is 0 Å². The Labute approximate surface area is 123 Å². The Balaban J connectivity index is 1.88. The summed E-state index contributed by atoms with van der Waals surface area (Å²) >= 11 is 12.1. The summed E-state index contributed by atoms with van der Waals surface area (Å²) in [6.07, 6.45) is 0. The van der Waals surface area contributed by atoms with Crippen LogP contribution < -0.4 is 10.6 Å². The summed E-state index contributed by atoms with van der Waals surface area (Å²) in [6.45, 7) is 5.31. The molecule has 1 aromatic rings. The molecule has 19 heavy (non-hydrogen) atoms. The molecule has 0 bridgehead atoms. The van der Waals surface area contributed by atoms with E-state index in [0.29, 0.717) is 21.7 Å². The number of morpholine rings is 1. The van der Waals surface area contributed by atoms with Crippen LogP contribution in [0.2, 0.25) is 10.0 Å². The number of ether oxygens (including phenoxy) is 1. The predicted octanol–water partition coefficient (Wildman–Crippen LogP) is 2.17. The van der Waals surface area contributed by atoms with Crippen molar-refractivity contribution >= 4 is 34.8 Å². The summed E-state index contributed by atoms with van der Waals surface area (Å²) in [4.78, 5) is 6.69. The minimum absolute atomic E-state index is 0.520. The van der Waals surface area contributed by atoms with Gasteiger partial charge in [0.2, 0.25) is 0 Å². The first-order chi connectivity index (χ1) is 9.20. The summed E-state index contributed by atoms with van der Waals surface area (Å²) in [5.41, 5.74) is 0. The van der Waals surface area contributed by atoms with Crippen LogP contribution in [0.1, 0.15) is 0 Å². The van der Waals surface area contributed by atoms with E-state index in [2.05, 4.69) is 20.5 Å². The molecule has 0 atom stereocenters. The van der Waals surface area contributed by atoms with E-state index < -0.39 is 0 Å². The van der Waals surface area contributed by atoms with Crippen molar-refractivity contribution in [3.8, 4) is 0 Å². The van der Waals surface area contributed by atoms with Gasteiger partial charge in [-0.15, -0.1) is 0 Å². The molecule has 0 aromatic carbocycles. The van der Waals surface area contributed by atoms with Crippen molar-refractivity contribution in [3.63, 3.8) is 0 Å². The molecule has 5 nitrogen and oxygen atoms in total. The summed E-state index contributed by atoms with van der Waals surface area (Å²) in [6, 6.07) is 1.69. The van der Waals surface area contributed by atoms with E-state index in [1.165, 1.54) is 0 Å². The van der Waals surface area contributed by atoms with Crippen molar-refractivity contribution in [1.29, 1.82) is 0 Å². The minimum Gasteiger partial charge on any atom is -0.379 e. The van der Waals surface area contributed by atoms with Crippen LogP contribution in [0.15, 0.2) is 6.07 Å². The minimum atomic E-state index is 0.520. The van der Waals surface area contributed by atoms with Crippen LogP contribution in [0.5, 0.6) is 0 Å². The van der Waals surface area contributed by atoms with Gasteiger partial charge in [0.1, 0.15) is 11.6 Å². The van der Waals surface area contributed by atoms with Gasteiger partial charge in [-0.25, -0.2) is 4.98 Å². The number of nitrogens with one attached hydrogen (secondary N) is 2. The van der Waals surface area contributed by atoms with E-state index in [9.17, 15) is 0 Å². The zero-order valence-corrected chi connectivity index (χ0v) is 12.4. The van der Waals surface area contributed by atoms with Crippen LogP contribution in [0.3, 0.4) is 0 Å². The van der Waals surface area contributed by atoms with Crippen LogP contribution in [-0.2, 0) is 4.74 Å². The van der Waals surface area contributed by atoms with Crippen LogP contribution in [0.4, 0.5) is 11.6 Å². The molecule has 0 radical (unpaired) electrons. The smallest absolute Gasteiger partial charge is 0.147 e. The summed E-state index contributed by atoms with van der Waals surface area (Å²) in [7, 11) is 1.78. The van der Waals surface area contributed by atoms with Crippen molar-refractivity contribution in [2.24, 2.45) is 0 Å². The fraction of sp³-hybridized carbons (Fsp3) is 0.583. The second-order valence-electron chi connectivity index (χ2n) is 4.28. The maximum Gasteiger partial charge on any atom is 0.147 e. The van der Waals surface area contributed by atoms with Gasteiger partial charge in [-0.05, 0) is 6.07 Å². The molecule has 2 N–H and O–H groups in total. The second kappa shape index (κ2) is 7.14. The first-order valence-corrected chi connectivity index (χ1v) is 7.04. The third-order valence-electron chi connectivity index (χ3n) is 2.99. The predicted molar refractivity (Wildman–Crippen MR) is 79.6 cm³/mol. The molecular formula is C12H18Cl2N4O. The van der Waals surface area contributed by atoms with Crippen molar-refractivity contribution in [1.82, 2.24) is 9.88 Å². The Kier molecular flexibility index (Phi) is 5.51. The topological polar surface area (TPSA) is 49.4 Å². The fourth-order valence-corrected chi connectivity index (χ4v) is 2.44. The highest BCUT2D eigenvalue weighted by atomic mass is 35.5. The van der Waals surface area contributed by atoms with Crippen molar-refractivity contribution in [3.05, 3.63) is 16.1 Å². The van der Waals surface area contributed by atoms with Crippen molar-refractivity contribution in [2.75, 3.05) is 57.1 Å². The van der Waals surface area contributed by atoms with Gasteiger partial charge < -0.3 is 15.4 Å². The van der Waals surface area contributed by atoms with Gasteiger partial charge in [-0.3, -0.25) is 4.90 Å². The number of aromatic nitrogens is 1. The summed E-state index contributed by atoms with van der Waals surface area (Å²) in [5, 5.41) is 7.22. The highest BCUT2D eigenvalue weighted by Crippen LogP contribution is 2.28. The van der Waals surface area contributed by atoms with Crippen LogP contribution in [0.25, 0.3) is 0 Å². The number of rotatable bonds is 5. The van der Waals surface area contributed by atoms with Crippen molar-refractivity contribution < 1.29 is 4.74 Å². The highest BCUT2D eigenvalue weighted by Gasteiger charge is 2.11. The molecule has 0 aliphatic carbocycles. The lowest BCUT2D eigenvalue weighted by Gasteiger charge is -2.26. The number of pyridine rings is 1. The molecule has 0 unspecified atom stereocenters. The molecule has 0 saturated carbocycles. The quantitative estimate of drug-likeness (QED) is 0.873. The third-order valence-corrected chi connectivity index (χ3v) is 3.57. The first kappa shape index (κ1) is 14.7. The summed E-state index contributed by atoms with van der Waals surface area (Å²) in [5.74, 6) is 1.28. The molecule has 1 saturated heterocycles. The SMILES string of the molecule is CNc1nc(NCCN2CCOCC2)c(Cl)cc1Cl. The molecule has 1 aliphatic heterocycles. The zero-order valence-electron chi connectivity index (χ0n) is 10.9. The Bertz CT molecular complexity index is 424. The standard InChI is InChI=1S/C12H18Cl2N4O/c1-15-11-9(13)8-10(14)12(17-11)16-2-3-18-4-6-19-7-5-18/h8H,2-7H2,1H3,(H2,15,16,17). The van der Waals surface area contributed by atoms with Crippen LogP contribution in [-0.4, -0.2) is 56.3 Å². The maximum absolute atomic E-state index is 6.11. The largest absolute Gasteiger partial charge is 0.379 e. The monoisotopic (exact) mass is 304 g/mol. The van der Waals surface area contributed by atoms with Gasteiger partial charge in [-0.1, -0.05) is 23.2 Å². The fourth-order valence-electron chi connectivity index (χ4n) is 1.92. The van der Waals surface area contributed by atoms with Gasteiger partial charge in [0.25, 0.3) is 0 Å². The lowest BCUT2D eigenvalue weighted by Crippen LogP contribution is -2.39. The zero-order chi connectivity index (χ0) is 13.7. The third kappa shape index (κ3) is 4.11. The lowest BCUT2D eigenvalue weighted by molar-refractivity contribution is 0.0398. The van der Waals surface area contributed by atoms with Gasteiger partial charge in [-0.2, -0.15) is 0 Å². The van der Waals surface area contributed by atoms with Gasteiger partial charge in [0.15, 0.2) is 0 Å². The molecule has 1 fully saturated rings. The highest BCUT2D eigenvalue weighted by molar-refractivity contribution is 6.37. The molecule has 1 aliphatic rings. The molecule has 106 valence electrons. The maximum atomic E-state index is 6.11. The van der Waals surface area contributed by atoms with E-state index in [4.69, 9.17) is 27.9 Å². The van der Waals surface area contributed by atoms with E-state index in [1.54, 1.807) is 13.1 Å². The molecule has 0 amide bonds. The van der Waals surface area contributed by atoms with E-state index >= 15 is 0 Å². The molecule has 7 heteroatoms. The average Bonchev–Trinajstić information content (AvgIpc) is 2.42. The number of hydrogen-bond acceptors (Lipinski definition) is 5. The molecule has 2 rings (SSSR count). The first-order valence-electron chi connectivity index (χ1n) is 6.28.